The molecule has 20 heavy (non-hydrogen) atoms. The average molecular weight is 288 g/mol. The van der Waals surface area contributed by atoms with Crippen molar-refractivity contribution >= 4 is 22.7 Å². The molecule has 5 heteroatoms. The first-order valence-corrected chi connectivity index (χ1v) is 7.66. The van der Waals surface area contributed by atoms with Gasteiger partial charge in [0, 0.05) is 30.1 Å². The standard InChI is InChI=1S/C15H16N2O2S/c18-17(19)13-6-4-12(5-7-13)11-16-9-2-1-3-15-14(16)8-10-20-15/h4-8,10H,1-3,9,11H2. The molecule has 0 N–H and O–H groups in total. The Kier molecular flexibility index (Phi) is 3.69. The van der Waals surface area contributed by atoms with Crippen LogP contribution < -0.4 is 4.90 Å². The number of thiophene rings is 1. The first-order chi connectivity index (χ1) is 9.74. The Bertz CT molecular complexity index is 607. The van der Waals surface area contributed by atoms with Crippen LogP contribution in [0.1, 0.15) is 23.3 Å². The molecule has 0 radical (unpaired) electrons. The summed E-state index contributed by atoms with van der Waals surface area (Å²) in [6, 6.07) is 9.07. The summed E-state index contributed by atoms with van der Waals surface area (Å²) in [4.78, 5) is 14.2. The molecule has 0 saturated carbocycles. The number of hydrogen-bond donors (Lipinski definition) is 0. The highest BCUT2D eigenvalue weighted by Gasteiger charge is 2.16. The molecule has 1 aromatic carbocycles. The van der Waals surface area contributed by atoms with Crippen LogP contribution in [0.4, 0.5) is 11.4 Å². The molecule has 2 aromatic rings. The topological polar surface area (TPSA) is 46.4 Å². The zero-order valence-corrected chi connectivity index (χ0v) is 11.9. The average Bonchev–Trinajstić information content (AvgIpc) is 2.83. The lowest BCUT2D eigenvalue weighted by Crippen LogP contribution is -2.22. The van der Waals surface area contributed by atoms with E-state index < -0.39 is 0 Å². The van der Waals surface area contributed by atoms with Crippen molar-refractivity contribution < 1.29 is 4.92 Å². The van der Waals surface area contributed by atoms with E-state index in [9.17, 15) is 10.1 Å². The minimum absolute atomic E-state index is 0.154. The maximum Gasteiger partial charge on any atom is 0.269 e. The van der Waals surface area contributed by atoms with Gasteiger partial charge in [0.05, 0.1) is 10.6 Å². The Morgan fingerprint density at radius 2 is 2.00 bits per heavy atom. The normalized spacial score (nSPS) is 14.7. The predicted octanol–water partition coefficient (Wildman–Crippen LogP) is 4.00. The molecular weight excluding hydrogens is 272 g/mol. The molecule has 4 nitrogen and oxygen atoms in total. The van der Waals surface area contributed by atoms with E-state index in [2.05, 4.69) is 16.3 Å². The van der Waals surface area contributed by atoms with E-state index >= 15 is 0 Å². The van der Waals surface area contributed by atoms with E-state index in [1.807, 2.05) is 23.5 Å². The summed E-state index contributed by atoms with van der Waals surface area (Å²) in [7, 11) is 0. The molecule has 0 atom stereocenters. The fourth-order valence-corrected chi connectivity index (χ4v) is 3.56. The van der Waals surface area contributed by atoms with Crippen LogP contribution >= 0.6 is 11.3 Å². The summed E-state index contributed by atoms with van der Waals surface area (Å²) in [5.74, 6) is 0. The van der Waals surface area contributed by atoms with Crippen molar-refractivity contribution in [2.75, 3.05) is 11.4 Å². The Labute approximate surface area is 121 Å². The third-order valence-corrected chi connectivity index (χ3v) is 4.63. The zero-order valence-electron chi connectivity index (χ0n) is 11.1. The van der Waals surface area contributed by atoms with Crippen LogP contribution in [0.25, 0.3) is 0 Å². The molecule has 0 aliphatic carbocycles. The highest BCUT2D eigenvalue weighted by Crippen LogP contribution is 2.32. The Morgan fingerprint density at radius 3 is 2.75 bits per heavy atom. The molecule has 1 aromatic heterocycles. The van der Waals surface area contributed by atoms with Gasteiger partial charge >= 0.3 is 0 Å². The van der Waals surface area contributed by atoms with E-state index in [0.717, 1.165) is 18.7 Å². The third kappa shape index (κ3) is 2.67. The summed E-state index contributed by atoms with van der Waals surface area (Å²) in [6.07, 6.45) is 3.61. The Balaban J connectivity index is 1.79. The smallest absolute Gasteiger partial charge is 0.269 e. The molecule has 3 rings (SSSR count). The summed E-state index contributed by atoms with van der Waals surface area (Å²) in [6.45, 7) is 1.88. The number of anilines is 1. The summed E-state index contributed by atoms with van der Waals surface area (Å²) < 4.78 is 0. The van der Waals surface area contributed by atoms with Crippen LogP contribution in [-0.4, -0.2) is 11.5 Å². The van der Waals surface area contributed by atoms with E-state index in [0.29, 0.717) is 0 Å². The molecule has 0 fully saturated rings. The van der Waals surface area contributed by atoms with Crippen molar-refractivity contribution in [1.29, 1.82) is 0 Å². The van der Waals surface area contributed by atoms with Crippen LogP contribution in [-0.2, 0) is 13.0 Å². The molecule has 0 unspecified atom stereocenters. The second-order valence-electron chi connectivity index (χ2n) is 5.03. The van der Waals surface area contributed by atoms with Crippen molar-refractivity contribution in [3.63, 3.8) is 0 Å². The number of benzene rings is 1. The van der Waals surface area contributed by atoms with Crippen molar-refractivity contribution in [3.05, 3.63) is 56.3 Å². The summed E-state index contributed by atoms with van der Waals surface area (Å²) in [5.41, 5.74) is 2.61. The Hall–Kier alpha value is -1.88. The van der Waals surface area contributed by atoms with Crippen LogP contribution in [0.5, 0.6) is 0 Å². The fraction of sp³-hybridized carbons (Fsp3) is 0.333. The van der Waals surface area contributed by atoms with Crippen LogP contribution in [0.3, 0.4) is 0 Å². The van der Waals surface area contributed by atoms with E-state index in [1.165, 1.54) is 29.8 Å². The first-order valence-electron chi connectivity index (χ1n) is 6.79. The molecule has 2 heterocycles. The van der Waals surface area contributed by atoms with Gasteiger partial charge in [-0.15, -0.1) is 11.3 Å². The predicted molar refractivity (Wildman–Crippen MR) is 81.4 cm³/mol. The quantitative estimate of drug-likeness (QED) is 0.633. The van der Waals surface area contributed by atoms with Crippen molar-refractivity contribution in [3.8, 4) is 0 Å². The summed E-state index contributed by atoms with van der Waals surface area (Å²) in [5, 5.41) is 12.8. The van der Waals surface area contributed by atoms with Crippen LogP contribution in [0, 0.1) is 10.1 Å². The lowest BCUT2D eigenvalue weighted by Gasteiger charge is -2.23. The maximum absolute atomic E-state index is 10.7. The molecule has 0 amide bonds. The highest BCUT2D eigenvalue weighted by molar-refractivity contribution is 7.10. The van der Waals surface area contributed by atoms with Crippen LogP contribution in [0.15, 0.2) is 35.7 Å². The number of nitrogens with zero attached hydrogens (tertiary/aromatic N) is 2. The molecule has 0 saturated heterocycles. The minimum atomic E-state index is -0.354. The largest absolute Gasteiger partial charge is 0.366 e. The van der Waals surface area contributed by atoms with Crippen molar-refractivity contribution in [2.24, 2.45) is 0 Å². The SMILES string of the molecule is O=[N+]([O-])c1ccc(CN2CCCCc3sccc32)cc1. The molecule has 104 valence electrons. The van der Waals surface area contributed by atoms with Crippen molar-refractivity contribution in [2.45, 2.75) is 25.8 Å². The first kappa shape index (κ1) is 13.1. The van der Waals surface area contributed by atoms with Gasteiger partial charge in [-0.25, -0.2) is 0 Å². The summed E-state index contributed by atoms with van der Waals surface area (Å²) >= 11 is 1.83. The van der Waals surface area contributed by atoms with Crippen molar-refractivity contribution in [1.82, 2.24) is 0 Å². The number of aryl methyl sites for hydroxylation is 1. The number of nitro benzene ring substituents is 1. The second kappa shape index (κ2) is 5.63. The Morgan fingerprint density at radius 1 is 1.20 bits per heavy atom. The van der Waals surface area contributed by atoms with E-state index in [1.54, 1.807) is 12.1 Å². The van der Waals surface area contributed by atoms with Gasteiger partial charge in [-0.1, -0.05) is 12.1 Å². The van der Waals surface area contributed by atoms with E-state index in [4.69, 9.17) is 0 Å². The van der Waals surface area contributed by atoms with Crippen LogP contribution in [0.2, 0.25) is 0 Å². The van der Waals surface area contributed by atoms with Gasteiger partial charge in [0.2, 0.25) is 0 Å². The lowest BCUT2D eigenvalue weighted by molar-refractivity contribution is -0.384. The number of rotatable bonds is 3. The minimum Gasteiger partial charge on any atom is -0.366 e. The monoisotopic (exact) mass is 288 g/mol. The van der Waals surface area contributed by atoms with Gasteiger partial charge in [-0.2, -0.15) is 0 Å². The second-order valence-corrected chi connectivity index (χ2v) is 6.03. The van der Waals surface area contributed by atoms with Gasteiger partial charge in [0.15, 0.2) is 0 Å². The molecular formula is C15H16N2O2S. The van der Waals surface area contributed by atoms with Gasteiger partial charge in [-0.3, -0.25) is 10.1 Å². The lowest BCUT2D eigenvalue weighted by atomic mass is 10.2. The third-order valence-electron chi connectivity index (χ3n) is 3.67. The number of hydrogen-bond acceptors (Lipinski definition) is 4. The van der Waals surface area contributed by atoms with Gasteiger partial charge in [-0.05, 0) is 36.3 Å². The molecule has 1 aliphatic rings. The van der Waals surface area contributed by atoms with Gasteiger partial charge < -0.3 is 4.90 Å². The number of nitro groups is 1. The maximum atomic E-state index is 10.7. The molecule has 1 aliphatic heterocycles. The van der Waals surface area contributed by atoms with Gasteiger partial charge in [0.25, 0.3) is 5.69 Å². The zero-order chi connectivity index (χ0) is 13.9. The molecule has 0 bridgehead atoms. The molecule has 0 spiro atoms. The van der Waals surface area contributed by atoms with E-state index in [-0.39, 0.29) is 10.6 Å². The highest BCUT2D eigenvalue weighted by atomic mass is 32.1. The van der Waals surface area contributed by atoms with Gasteiger partial charge in [0.1, 0.15) is 0 Å². The number of non-ortho nitro benzene ring substituents is 1. The number of fused-ring (bicyclic) bond motifs is 1. The fourth-order valence-electron chi connectivity index (χ4n) is 2.62.